The Morgan fingerprint density at radius 1 is 1.47 bits per heavy atom. The summed E-state index contributed by atoms with van der Waals surface area (Å²) in [6.45, 7) is 0.531. The van der Waals surface area contributed by atoms with E-state index < -0.39 is 0 Å². The van der Waals surface area contributed by atoms with E-state index in [9.17, 15) is 0 Å². The molecule has 3 nitrogen and oxygen atoms in total. The summed E-state index contributed by atoms with van der Waals surface area (Å²) in [4.78, 5) is 4.56. The van der Waals surface area contributed by atoms with Gasteiger partial charge in [-0.15, -0.1) is 0 Å². The molecule has 0 unspecified atom stereocenters. The van der Waals surface area contributed by atoms with Gasteiger partial charge in [0.05, 0.1) is 11.6 Å². The highest BCUT2D eigenvalue weighted by Crippen LogP contribution is 2.25. The number of benzene rings is 1. The van der Waals surface area contributed by atoms with Crippen LogP contribution < -0.4 is 5.90 Å². The van der Waals surface area contributed by atoms with Crippen LogP contribution in [0.5, 0.6) is 0 Å². The Morgan fingerprint density at radius 3 is 3.00 bits per heavy atom. The van der Waals surface area contributed by atoms with Gasteiger partial charge < -0.3 is 9.40 Å². The highest BCUT2D eigenvalue weighted by molar-refractivity contribution is 6.35. The molecule has 2 N–H and O–H groups in total. The molecule has 0 spiro atoms. The van der Waals surface area contributed by atoms with Gasteiger partial charge >= 0.3 is 0 Å². The summed E-state index contributed by atoms with van der Waals surface area (Å²) in [5.74, 6) is 5.00. The van der Waals surface area contributed by atoms with E-state index in [0.29, 0.717) is 6.61 Å². The number of aromatic nitrogens is 1. The molecular weight excluding hydrogens is 212 g/mol. The average molecular weight is 225 g/mol. The minimum Gasteiger partial charge on any atom is -0.349 e. The molecule has 0 fully saturated rings. The smallest absolute Gasteiger partial charge is 0.0719 e. The minimum atomic E-state index is 0.531. The molecule has 0 saturated carbocycles. The summed E-state index contributed by atoms with van der Waals surface area (Å²) in [6.07, 6.45) is 2.73. The highest BCUT2D eigenvalue weighted by Gasteiger charge is 2.04. The van der Waals surface area contributed by atoms with Crippen LogP contribution in [-0.2, 0) is 18.3 Å². The lowest BCUT2D eigenvalue weighted by atomic mass is 10.1. The number of halogens is 1. The first kappa shape index (κ1) is 10.5. The van der Waals surface area contributed by atoms with Crippen molar-refractivity contribution in [3.63, 3.8) is 0 Å². The van der Waals surface area contributed by atoms with Crippen molar-refractivity contribution in [2.45, 2.75) is 6.42 Å². The van der Waals surface area contributed by atoms with Gasteiger partial charge in [-0.3, -0.25) is 0 Å². The van der Waals surface area contributed by atoms with Gasteiger partial charge in [-0.25, -0.2) is 5.90 Å². The lowest BCUT2D eigenvalue weighted by Gasteiger charge is -2.02. The molecule has 0 bridgehead atoms. The largest absolute Gasteiger partial charge is 0.349 e. The van der Waals surface area contributed by atoms with E-state index in [1.165, 1.54) is 5.56 Å². The zero-order valence-corrected chi connectivity index (χ0v) is 9.29. The van der Waals surface area contributed by atoms with Gasteiger partial charge in [-0.05, 0) is 18.1 Å². The third-order valence-corrected chi connectivity index (χ3v) is 2.82. The number of aryl methyl sites for hydroxylation is 1. The summed E-state index contributed by atoms with van der Waals surface area (Å²) >= 11 is 6.07. The van der Waals surface area contributed by atoms with Crippen molar-refractivity contribution in [2.75, 3.05) is 6.61 Å². The molecule has 0 atom stereocenters. The van der Waals surface area contributed by atoms with E-state index in [1.807, 2.05) is 29.9 Å². The number of hydrogen-bond donors (Lipinski definition) is 1. The first-order chi connectivity index (χ1) is 7.22. The van der Waals surface area contributed by atoms with Crippen LogP contribution in [0.1, 0.15) is 5.56 Å². The van der Waals surface area contributed by atoms with Crippen molar-refractivity contribution >= 4 is 22.5 Å². The van der Waals surface area contributed by atoms with Crippen molar-refractivity contribution in [3.05, 3.63) is 35.0 Å². The molecule has 4 heteroatoms. The summed E-state index contributed by atoms with van der Waals surface area (Å²) in [6, 6.07) is 6.19. The second kappa shape index (κ2) is 4.23. The van der Waals surface area contributed by atoms with Gasteiger partial charge in [-0.1, -0.05) is 23.7 Å². The Kier molecular flexibility index (Phi) is 2.95. The van der Waals surface area contributed by atoms with Crippen LogP contribution in [0.4, 0.5) is 0 Å². The van der Waals surface area contributed by atoms with Gasteiger partial charge in [0.15, 0.2) is 0 Å². The molecule has 1 aromatic carbocycles. The van der Waals surface area contributed by atoms with Crippen LogP contribution in [0.25, 0.3) is 10.9 Å². The topological polar surface area (TPSA) is 40.2 Å². The van der Waals surface area contributed by atoms with Gasteiger partial charge in [0.25, 0.3) is 0 Å². The maximum atomic E-state index is 6.07. The molecule has 80 valence electrons. The molecule has 1 heterocycles. The molecule has 1 aromatic heterocycles. The maximum Gasteiger partial charge on any atom is 0.0719 e. The molecule has 0 amide bonds. The van der Waals surface area contributed by atoms with E-state index in [0.717, 1.165) is 22.3 Å². The van der Waals surface area contributed by atoms with Crippen LogP contribution in [0.15, 0.2) is 24.4 Å². The van der Waals surface area contributed by atoms with Gasteiger partial charge in [-0.2, -0.15) is 0 Å². The number of fused-ring (bicyclic) bond motifs is 1. The van der Waals surface area contributed by atoms with E-state index in [-0.39, 0.29) is 0 Å². The third kappa shape index (κ3) is 2.00. The Labute approximate surface area is 93.3 Å². The Bertz CT molecular complexity index is 479. The lowest BCUT2D eigenvalue weighted by Crippen LogP contribution is -2.03. The van der Waals surface area contributed by atoms with Crippen molar-refractivity contribution < 1.29 is 4.84 Å². The molecule has 0 saturated heterocycles. The summed E-state index contributed by atoms with van der Waals surface area (Å²) < 4.78 is 2.02. The van der Waals surface area contributed by atoms with Crippen LogP contribution in [0.2, 0.25) is 5.02 Å². The van der Waals surface area contributed by atoms with Crippen LogP contribution in [0, 0.1) is 0 Å². The van der Waals surface area contributed by atoms with Crippen molar-refractivity contribution in [2.24, 2.45) is 12.9 Å². The van der Waals surface area contributed by atoms with Crippen molar-refractivity contribution in [3.8, 4) is 0 Å². The second-order valence-corrected chi connectivity index (χ2v) is 3.97. The lowest BCUT2D eigenvalue weighted by molar-refractivity contribution is 0.141. The first-order valence-electron chi connectivity index (χ1n) is 4.77. The standard InChI is InChI=1S/C11H13ClN2O/c1-14-7-10(12)9-3-2-8(4-5-15-13)6-11(9)14/h2-3,6-7H,4-5,13H2,1H3. The number of hydrogen-bond acceptors (Lipinski definition) is 2. The monoisotopic (exact) mass is 224 g/mol. The fourth-order valence-electron chi connectivity index (χ4n) is 1.71. The molecule has 2 aromatic rings. The number of nitrogens with zero attached hydrogens (tertiary/aromatic N) is 1. The summed E-state index contributed by atoms with van der Waals surface area (Å²) in [5, 5.41) is 1.87. The summed E-state index contributed by atoms with van der Waals surface area (Å²) in [5.41, 5.74) is 2.33. The molecule has 15 heavy (non-hydrogen) atoms. The number of nitrogens with two attached hydrogens (primary N) is 1. The van der Waals surface area contributed by atoms with Crippen molar-refractivity contribution in [1.82, 2.24) is 4.57 Å². The fraction of sp³-hybridized carbons (Fsp3) is 0.273. The molecular formula is C11H13ClN2O. The van der Waals surface area contributed by atoms with Gasteiger partial charge in [0, 0.05) is 24.1 Å². The van der Waals surface area contributed by atoms with Gasteiger partial charge in [0.2, 0.25) is 0 Å². The van der Waals surface area contributed by atoms with E-state index in [2.05, 4.69) is 10.9 Å². The predicted molar refractivity (Wildman–Crippen MR) is 61.8 cm³/mol. The van der Waals surface area contributed by atoms with E-state index >= 15 is 0 Å². The van der Waals surface area contributed by atoms with Crippen LogP contribution in [0.3, 0.4) is 0 Å². The Balaban J connectivity index is 2.41. The third-order valence-electron chi connectivity index (χ3n) is 2.52. The van der Waals surface area contributed by atoms with Crippen molar-refractivity contribution in [1.29, 1.82) is 0 Å². The molecule has 0 radical (unpaired) electrons. The van der Waals surface area contributed by atoms with Gasteiger partial charge in [0.1, 0.15) is 0 Å². The second-order valence-electron chi connectivity index (χ2n) is 3.56. The molecule has 0 aliphatic heterocycles. The predicted octanol–water partition coefficient (Wildman–Crippen LogP) is 2.26. The van der Waals surface area contributed by atoms with E-state index in [4.69, 9.17) is 17.5 Å². The van der Waals surface area contributed by atoms with Crippen LogP contribution in [-0.4, -0.2) is 11.2 Å². The zero-order valence-electron chi connectivity index (χ0n) is 8.53. The maximum absolute atomic E-state index is 6.07. The zero-order chi connectivity index (χ0) is 10.8. The number of rotatable bonds is 3. The minimum absolute atomic E-state index is 0.531. The first-order valence-corrected chi connectivity index (χ1v) is 5.15. The summed E-state index contributed by atoms with van der Waals surface area (Å²) in [7, 11) is 1.98. The van der Waals surface area contributed by atoms with Crippen LogP contribution >= 0.6 is 11.6 Å². The van der Waals surface area contributed by atoms with E-state index in [1.54, 1.807) is 0 Å². The quantitative estimate of drug-likeness (QED) is 0.813. The average Bonchev–Trinajstić information content (AvgIpc) is 2.52. The normalized spacial score (nSPS) is 11.1. The molecule has 2 rings (SSSR count). The Hall–Kier alpha value is -1.03. The fourth-order valence-corrected chi connectivity index (χ4v) is 2.02. The highest BCUT2D eigenvalue weighted by atomic mass is 35.5. The molecule has 0 aliphatic carbocycles. The SMILES string of the molecule is Cn1cc(Cl)c2ccc(CCON)cc21. The molecule has 0 aliphatic rings. The Morgan fingerprint density at radius 2 is 2.27 bits per heavy atom.